The highest BCUT2D eigenvalue weighted by molar-refractivity contribution is 4.89. The van der Waals surface area contributed by atoms with Crippen LogP contribution in [0.15, 0.2) is 0 Å². The van der Waals surface area contributed by atoms with Gasteiger partial charge < -0.3 is 44.1 Å². The van der Waals surface area contributed by atoms with Crippen molar-refractivity contribution in [2.45, 2.75) is 108 Å². The van der Waals surface area contributed by atoms with Crippen LogP contribution in [0.4, 0.5) is 0 Å². The summed E-state index contributed by atoms with van der Waals surface area (Å²) < 4.78 is 28.2. The summed E-state index contributed by atoms with van der Waals surface area (Å²) >= 11 is 0. The third-order valence-electron chi connectivity index (χ3n) is 5.42. The normalized spacial score (nSPS) is 47.4. The molecule has 3 aliphatic heterocycles. The van der Waals surface area contributed by atoms with Crippen LogP contribution in [-0.4, -0.2) is 94.5 Å². The van der Waals surface area contributed by atoms with Gasteiger partial charge in [0.2, 0.25) is 0 Å². The van der Waals surface area contributed by atoms with E-state index in [0.29, 0.717) is 19.3 Å². The molecule has 11 unspecified atom stereocenters. The van der Waals surface area contributed by atoms with E-state index in [1.807, 2.05) is 20.8 Å². The van der Waals surface area contributed by atoms with Crippen molar-refractivity contribution in [1.82, 2.24) is 0 Å². The number of aliphatic hydroxyl groups excluding tert-OH is 4. The second kappa shape index (κ2) is 8.98. The Morgan fingerprint density at radius 3 is 1.96 bits per heavy atom. The van der Waals surface area contributed by atoms with E-state index in [2.05, 4.69) is 0 Å². The van der Waals surface area contributed by atoms with Gasteiger partial charge in [-0.2, -0.15) is 0 Å². The van der Waals surface area contributed by atoms with E-state index < -0.39 is 49.2 Å². The zero-order chi connectivity index (χ0) is 19.7. The molecule has 9 heteroatoms. The lowest BCUT2D eigenvalue weighted by atomic mass is 10.1. The van der Waals surface area contributed by atoms with Crippen molar-refractivity contribution in [2.75, 3.05) is 6.61 Å². The van der Waals surface area contributed by atoms with Crippen molar-refractivity contribution in [2.24, 2.45) is 0 Å². The molecule has 3 heterocycles. The van der Waals surface area contributed by atoms with E-state index in [0.717, 1.165) is 0 Å². The molecular weight excluding hydrogens is 360 g/mol. The first-order valence-electron chi connectivity index (χ1n) is 9.70. The molecule has 4 N–H and O–H groups in total. The second-order valence-corrected chi connectivity index (χ2v) is 7.90. The van der Waals surface area contributed by atoms with E-state index >= 15 is 0 Å². The molecule has 0 saturated carbocycles. The third kappa shape index (κ3) is 4.98. The van der Waals surface area contributed by atoms with Gasteiger partial charge in [0.15, 0.2) is 12.6 Å². The van der Waals surface area contributed by atoms with Gasteiger partial charge in [0, 0.05) is 19.3 Å². The predicted molar refractivity (Wildman–Crippen MR) is 91.7 cm³/mol. The van der Waals surface area contributed by atoms with Crippen molar-refractivity contribution < 1.29 is 44.1 Å². The maximum atomic E-state index is 10.5. The summed E-state index contributed by atoms with van der Waals surface area (Å²) in [7, 11) is 0. The summed E-state index contributed by atoms with van der Waals surface area (Å²) in [6, 6.07) is 0. The number of ether oxygens (including phenoxy) is 5. The Balaban J connectivity index is 1.58. The molecule has 0 amide bonds. The van der Waals surface area contributed by atoms with Crippen LogP contribution in [-0.2, 0) is 23.7 Å². The first kappa shape index (κ1) is 21.4. The van der Waals surface area contributed by atoms with Gasteiger partial charge in [0.05, 0.1) is 43.2 Å². The number of rotatable bonds is 7. The zero-order valence-corrected chi connectivity index (χ0v) is 16.0. The molecule has 0 radical (unpaired) electrons. The van der Waals surface area contributed by atoms with Crippen molar-refractivity contribution in [3.63, 3.8) is 0 Å². The maximum absolute atomic E-state index is 10.5. The molecule has 3 saturated heterocycles. The number of hydrogen-bond donors (Lipinski definition) is 4. The highest BCUT2D eigenvalue weighted by atomic mass is 16.7. The lowest BCUT2D eigenvalue weighted by Crippen LogP contribution is -2.46. The Morgan fingerprint density at radius 1 is 0.815 bits per heavy atom. The maximum Gasteiger partial charge on any atom is 0.184 e. The lowest BCUT2D eigenvalue weighted by molar-refractivity contribution is -0.254. The first-order chi connectivity index (χ1) is 12.8. The van der Waals surface area contributed by atoms with Crippen molar-refractivity contribution in [1.29, 1.82) is 0 Å². The van der Waals surface area contributed by atoms with E-state index in [-0.39, 0.29) is 24.9 Å². The van der Waals surface area contributed by atoms with Gasteiger partial charge in [-0.3, -0.25) is 0 Å². The Kier molecular flexibility index (Phi) is 7.10. The molecule has 3 rings (SSSR count). The molecule has 9 nitrogen and oxygen atoms in total. The largest absolute Gasteiger partial charge is 0.394 e. The molecule has 0 aromatic rings. The highest BCUT2D eigenvalue weighted by Crippen LogP contribution is 2.32. The highest BCUT2D eigenvalue weighted by Gasteiger charge is 2.46. The van der Waals surface area contributed by atoms with E-state index in [1.54, 1.807) is 0 Å². The van der Waals surface area contributed by atoms with Gasteiger partial charge >= 0.3 is 0 Å². The van der Waals surface area contributed by atoms with Crippen LogP contribution < -0.4 is 0 Å². The molecular formula is C18H32O9. The minimum atomic E-state index is -1.33. The topological polar surface area (TPSA) is 127 Å². The van der Waals surface area contributed by atoms with Crippen LogP contribution in [0.2, 0.25) is 0 Å². The van der Waals surface area contributed by atoms with Gasteiger partial charge in [0.1, 0.15) is 18.3 Å². The summed E-state index contributed by atoms with van der Waals surface area (Å²) in [5.41, 5.74) is 0. The molecule has 3 aliphatic rings. The van der Waals surface area contributed by atoms with Crippen molar-refractivity contribution >= 4 is 0 Å². The van der Waals surface area contributed by atoms with E-state index in [9.17, 15) is 20.4 Å². The second-order valence-electron chi connectivity index (χ2n) is 7.90. The molecule has 27 heavy (non-hydrogen) atoms. The average Bonchev–Trinajstić information content (AvgIpc) is 3.24. The molecule has 0 bridgehead atoms. The van der Waals surface area contributed by atoms with Crippen molar-refractivity contribution in [3.05, 3.63) is 0 Å². The third-order valence-corrected chi connectivity index (χ3v) is 5.42. The Bertz CT molecular complexity index is 478. The van der Waals surface area contributed by atoms with Gasteiger partial charge in [-0.25, -0.2) is 0 Å². The van der Waals surface area contributed by atoms with E-state index in [4.69, 9.17) is 23.7 Å². The molecule has 0 aromatic carbocycles. The predicted octanol–water partition coefficient (Wildman–Crippen LogP) is -0.721. The molecule has 0 aliphatic carbocycles. The fraction of sp³-hybridized carbons (Fsp3) is 1.00. The zero-order valence-electron chi connectivity index (χ0n) is 16.0. The van der Waals surface area contributed by atoms with Gasteiger partial charge in [-0.15, -0.1) is 0 Å². The summed E-state index contributed by atoms with van der Waals surface area (Å²) in [5.74, 6) is 0. The fourth-order valence-corrected chi connectivity index (χ4v) is 4.14. The lowest BCUT2D eigenvalue weighted by Gasteiger charge is -2.30. The summed E-state index contributed by atoms with van der Waals surface area (Å²) in [5, 5.41) is 40.3. The van der Waals surface area contributed by atoms with Crippen LogP contribution in [0.3, 0.4) is 0 Å². The Hall–Kier alpha value is -0.360. The van der Waals surface area contributed by atoms with Crippen LogP contribution in [0.5, 0.6) is 0 Å². The Morgan fingerprint density at radius 2 is 1.33 bits per heavy atom. The molecule has 3 fully saturated rings. The van der Waals surface area contributed by atoms with Gasteiger partial charge in [0.25, 0.3) is 0 Å². The number of aliphatic hydroxyl groups is 4. The average molecular weight is 392 g/mol. The smallest absolute Gasteiger partial charge is 0.184 e. The molecule has 158 valence electrons. The Labute approximate surface area is 159 Å². The van der Waals surface area contributed by atoms with Crippen LogP contribution in [0.1, 0.15) is 40.0 Å². The number of hydrogen-bond acceptors (Lipinski definition) is 9. The standard InChI is InChI=1S/C18H32O9/c1-8-4-11(20)15(24-8)17(21)27-13-6-10(3)25-16(13)18(22)26-12-5-9(2)23-14(12)7-19/h8-22H,4-7H2,1-3H3. The molecule has 0 spiro atoms. The fourth-order valence-electron chi connectivity index (χ4n) is 4.14. The van der Waals surface area contributed by atoms with Crippen molar-refractivity contribution in [3.8, 4) is 0 Å². The van der Waals surface area contributed by atoms with Crippen LogP contribution in [0.25, 0.3) is 0 Å². The molecule has 11 atom stereocenters. The summed E-state index contributed by atoms with van der Waals surface area (Å²) in [4.78, 5) is 0. The van der Waals surface area contributed by atoms with Gasteiger partial charge in [-0.1, -0.05) is 0 Å². The van der Waals surface area contributed by atoms with Gasteiger partial charge in [-0.05, 0) is 20.8 Å². The minimum absolute atomic E-state index is 0.0698. The monoisotopic (exact) mass is 392 g/mol. The van der Waals surface area contributed by atoms with Crippen LogP contribution in [0, 0.1) is 0 Å². The quantitative estimate of drug-likeness (QED) is 0.415. The van der Waals surface area contributed by atoms with Crippen LogP contribution >= 0.6 is 0 Å². The summed E-state index contributed by atoms with van der Waals surface area (Å²) in [6.45, 7) is 5.34. The van der Waals surface area contributed by atoms with E-state index in [1.165, 1.54) is 0 Å². The first-order valence-corrected chi connectivity index (χ1v) is 9.70. The minimum Gasteiger partial charge on any atom is -0.394 e. The summed E-state index contributed by atoms with van der Waals surface area (Å²) in [6.07, 6.45) is -5.63. The molecule has 0 aromatic heterocycles. The SMILES string of the molecule is CC1CC(OC(O)C2OC(C)CC2OC(O)C2OC(C)CC2O)C(CO)O1.